The van der Waals surface area contributed by atoms with Crippen molar-refractivity contribution in [2.45, 2.75) is 24.8 Å². The predicted molar refractivity (Wildman–Crippen MR) is 54.7 cm³/mol. The molecule has 90 valence electrons. The molecule has 6 heteroatoms. The lowest BCUT2D eigenvalue weighted by atomic mass is 9.77. The Hall–Kier alpha value is -0.690. The third-order valence-corrected chi connectivity index (χ3v) is 2.61. The minimum atomic E-state index is -1.04. The molecular formula is C9H20N2O4. The highest BCUT2D eigenvalue weighted by Gasteiger charge is 2.37. The number of aliphatic hydroxyl groups is 3. The van der Waals surface area contributed by atoms with Crippen LogP contribution in [-0.2, 0) is 4.79 Å². The zero-order chi connectivity index (χ0) is 11.9. The minimum Gasteiger partial charge on any atom is -0.396 e. The first-order chi connectivity index (χ1) is 7.01. The van der Waals surface area contributed by atoms with E-state index in [0.29, 0.717) is 0 Å². The normalized spacial score (nSPS) is 13.9. The minimum absolute atomic E-state index is 0.145. The van der Waals surface area contributed by atoms with Gasteiger partial charge < -0.3 is 26.8 Å². The second-order valence-corrected chi connectivity index (χ2v) is 3.65. The van der Waals surface area contributed by atoms with Gasteiger partial charge in [-0.1, -0.05) is 0 Å². The van der Waals surface area contributed by atoms with Gasteiger partial charge in [-0.3, -0.25) is 4.79 Å². The van der Waals surface area contributed by atoms with Crippen LogP contribution in [0.15, 0.2) is 0 Å². The maximum absolute atomic E-state index is 11.2. The Balaban J connectivity index is 4.72. The molecule has 1 amide bonds. The Morgan fingerprint density at radius 2 is 1.60 bits per heavy atom. The van der Waals surface area contributed by atoms with Gasteiger partial charge in [-0.25, -0.2) is 0 Å². The second-order valence-electron chi connectivity index (χ2n) is 3.65. The van der Waals surface area contributed by atoms with Crippen LogP contribution < -0.4 is 11.5 Å². The standard InChI is InChI=1S/C9H20N2O4/c10-8(15)7(1-4-12)9(11,2-5-13)3-6-14/h7,12-14H,1-6,11H2,(H2,10,15). The van der Waals surface area contributed by atoms with E-state index in [1.807, 2.05) is 0 Å². The van der Waals surface area contributed by atoms with Crippen molar-refractivity contribution >= 4 is 5.91 Å². The van der Waals surface area contributed by atoms with Gasteiger partial charge in [0.25, 0.3) is 0 Å². The summed E-state index contributed by atoms with van der Waals surface area (Å²) in [4.78, 5) is 11.2. The first-order valence-electron chi connectivity index (χ1n) is 4.92. The molecule has 0 spiro atoms. The van der Waals surface area contributed by atoms with Crippen molar-refractivity contribution in [3.63, 3.8) is 0 Å². The van der Waals surface area contributed by atoms with Gasteiger partial charge in [0.15, 0.2) is 0 Å². The van der Waals surface area contributed by atoms with Gasteiger partial charge in [-0.2, -0.15) is 0 Å². The van der Waals surface area contributed by atoms with Crippen molar-refractivity contribution in [2.24, 2.45) is 17.4 Å². The number of hydrogen-bond donors (Lipinski definition) is 5. The number of carbonyl (C=O) groups is 1. The van der Waals surface area contributed by atoms with Crippen molar-refractivity contribution in [1.82, 2.24) is 0 Å². The van der Waals surface area contributed by atoms with Gasteiger partial charge in [-0.15, -0.1) is 0 Å². The third kappa shape index (κ3) is 4.13. The number of rotatable bonds is 8. The van der Waals surface area contributed by atoms with Crippen molar-refractivity contribution in [3.8, 4) is 0 Å². The van der Waals surface area contributed by atoms with Crippen LogP contribution in [0.2, 0.25) is 0 Å². The van der Waals surface area contributed by atoms with Gasteiger partial charge in [0.2, 0.25) is 5.91 Å². The molecule has 6 nitrogen and oxygen atoms in total. The number of aliphatic hydroxyl groups excluding tert-OH is 3. The molecule has 1 unspecified atom stereocenters. The molecule has 0 fully saturated rings. The Morgan fingerprint density at radius 1 is 1.13 bits per heavy atom. The molecule has 0 aromatic carbocycles. The number of nitrogens with two attached hydrogens (primary N) is 2. The van der Waals surface area contributed by atoms with E-state index in [1.165, 1.54) is 0 Å². The molecule has 0 saturated carbocycles. The highest BCUT2D eigenvalue weighted by molar-refractivity contribution is 5.78. The molecule has 0 radical (unpaired) electrons. The summed E-state index contributed by atoms with van der Waals surface area (Å²) in [6.45, 7) is -0.583. The van der Waals surface area contributed by atoms with Gasteiger partial charge in [0.05, 0.1) is 5.92 Å². The summed E-state index contributed by atoms with van der Waals surface area (Å²) < 4.78 is 0. The molecule has 0 aromatic heterocycles. The van der Waals surface area contributed by atoms with Gasteiger partial charge in [0, 0.05) is 25.4 Å². The highest BCUT2D eigenvalue weighted by atomic mass is 16.3. The zero-order valence-corrected chi connectivity index (χ0v) is 8.72. The van der Waals surface area contributed by atoms with Crippen LogP contribution >= 0.6 is 0 Å². The Kier molecular flexibility index (Phi) is 6.42. The highest BCUT2D eigenvalue weighted by Crippen LogP contribution is 2.25. The fraction of sp³-hybridized carbons (Fsp3) is 0.889. The molecular weight excluding hydrogens is 200 g/mol. The van der Waals surface area contributed by atoms with Crippen molar-refractivity contribution in [2.75, 3.05) is 19.8 Å². The summed E-state index contributed by atoms with van der Waals surface area (Å²) in [5, 5.41) is 26.5. The molecule has 0 bridgehead atoms. The number of primary amides is 1. The molecule has 0 rings (SSSR count). The van der Waals surface area contributed by atoms with Crippen LogP contribution in [0.3, 0.4) is 0 Å². The number of carbonyl (C=O) groups excluding carboxylic acids is 1. The lowest BCUT2D eigenvalue weighted by Gasteiger charge is -2.34. The van der Waals surface area contributed by atoms with E-state index in [4.69, 9.17) is 26.8 Å². The molecule has 0 aliphatic carbocycles. The maximum atomic E-state index is 11.2. The molecule has 0 aliphatic rings. The fourth-order valence-electron chi connectivity index (χ4n) is 1.73. The average Bonchev–Trinajstić information content (AvgIpc) is 2.14. The molecule has 1 atom stereocenters. The molecule has 0 aliphatic heterocycles. The summed E-state index contributed by atoms with van der Waals surface area (Å²) in [5.41, 5.74) is 10.1. The molecule has 0 aromatic rings. The van der Waals surface area contributed by atoms with Gasteiger partial charge in [0.1, 0.15) is 0 Å². The van der Waals surface area contributed by atoms with Crippen LogP contribution in [0.4, 0.5) is 0 Å². The largest absolute Gasteiger partial charge is 0.396 e. The predicted octanol–water partition coefficient (Wildman–Crippen LogP) is -2.07. The SMILES string of the molecule is NC(=O)C(CCO)C(N)(CCO)CCO. The Labute approximate surface area is 88.9 Å². The van der Waals surface area contributed by atoms with Crippen molar-refractivity contribution in [1.29, 1.82) is 0 Å². The van der Waals surface area contributed by atoms with E-state index in [1.54, 1.807) is 0 Å². The number of amides is 1. The quantitative estimate of drug-likeness (QED) is 0.321. The lowest BCUT2D eigenvalue weighted by molar-refractivity contribution is -0.125. The van der Waals surface area contributed by atoms with Gasteiger partial charge >= 0.3 is 0 Å². The first kappa shape index (κ1) is 14.3. The monoisotopic (exact) mass is 220 g/mol. The van der Waals surface area contributed by atoms with E-state index in [-0.39, 0.29) is 39.1 Å². The first-order valence-corrected chi connectivity index (χ1v) is 4.92. The molecule has 15 heavy (non-hydrogen) atoms. The summed E-state index contributed by atoms with van der Waals surface area (Å²) in [5.74, 6) is -1.35. The van der Waals surface area contributed by atoms with Crippen LogP contribution in [0.1, 0.15) is 19.3 Å². The fourth-order valence-corrected chi connectivity index (χ4v) is 1.73. The summed E-state index contributed by atoms with van der Waals surface area (Å²) in [6.07, 6.45) is 0.480. The third-order valence-electron chi connectivity index (χ3n) is 2.61. The van der Waals surface area contributed by atoms with Gasteiger partial charge in [-0.05, 0) is 19.3 Å². The van der Waals surface area contributed by atoms with E-state index in [2.05, 4.69) is 0 Å². The maximum Gasteiger partial charge on any atom is 0.222 e. The van der Waals surface area contributed by atoms with Crippen LogP contribution in [-0.4, -0.2) is 46.6 Å². The van der Waals surface area contributed by atoms with E-state index in [0.717, 1.165) is 0 Å². The lowest BCUT2D eigenvalue weighted by Crippen LogP contribution is -2.53. The van der Waals surface area contributed by atoms with Crippen LogP contribution in [0, 0.1) is 5.92 Å². The Morgan fingerprint density at radius 3 is 1.87 bits per heavy atom. The summed E-state index contributed by atoms with van der Waals surface area (Å²) in [6, 6.07) is 0. The Bertz CT molecular complexity index is 193. The summed E-state index contributed by atoms with van der Waals surface area (Å²) in [7, 11) is 0. The van der Waals surface area contributed by atoms with Crippen LogP contribution in [0.25, 0.3) is 0 Å². The van der Waals surface area contributed by atoms with E-state index in [9.17, 15) is 4.79 Å². The molecule has 7 N–H and O–H groups in total. The smallest absolute Gasteiger partial charge is 0.222 e. The topological polar surface area (TPSA) is 130 Å². The zero-order valence-electron chi connectivity index (χ0n) is 8.72. The van der Waals surface area contributed by atoms with Crippen LogP contribution in [0.5, 0.6) is 0 Å². The summed E-state index contributed by atoms with van der Waals surface area (Å²) >= 11 is 0. The van der Waals surface area contributed by atoms with Crippen molar-refractivity contribution < 1.29 is 20.1 Å². The second kappa shape index (κ2) is 6.73. The molecule has 0 heterocycles. The average molecular weight is 220 g/mol. The van der Waals surface area contributed by atoms with E-state index < -0.39 is 17.4 Å². The van der Waals surface area contributed by atoms with E-state index >= 15 is 0 Å². The number of hydrogen-bond acceptors (Lipinski definition) is 5. The molecule has 0 saturated heterocycles. The van der Waals surface area contributed by atoms with Crippen molar-refractivity contribution in [3.05, 3.63) is 0 Å².